The molecule has 0 amide bonds. The number of rotatable bonds is 3. The molecule has 160 valence electrons. The SMILES string of the molecule is c1ccc2c(c1)cc(Nc1ccc(-c3cccc4c3oc3ccccc34)cc1)c1ccccc12. The molecule has 0 saturated carbocycles. The van der Waals surface area contributed by atoms with Gasteiger partial charge in [-0.1, -0.05) is 97.1 Å². The van der Waals surface area contributed by atoms with Crippen LogP contribution in [0.25, 0.3) is 54.6 Å². The van der Waals surface area contributed by atoms with Crippen LogP contribution in [0, 0.1) is 0 Å². The predicted octanol–water partition coefficient (Wildman–Crippen LogP) is 9.30. The molecule has 2 nitrogen and oxygen atoms in total. The largest absolute Gasteiger partial charge is 0.455 e. The molecule has 0 radical (unpaired) electrons. The van der Waals surface area contributed by atoms with Crippen LogP contribution in [-0.2, 0) is 0 Å². The smallest absolute Gasteiger partial charge is 0.143 e. The van der Waals surface area contributed by atoms with Gasteiger partial charge in [-0.25, -0.2) is 0 Å². The fourth-order valence-corrected chi connectivity index (χ4v) is 5.02. The van der Waals surface area contributed by atoms with Gasteiger partial charge in [0.1, 0.15) is 11.2 Å². The van der Waals surface area contributed by atoms with Crippen molar-refractivity contribution in [2.24, 2.45) is 0 Å². The van der Waals surface area contributed by atoms with Crippen molar-refractivity contribution in [2.75, 3.05) is 5.32 Å². The molecule has 0 spiro atoms. The molecule has 2 heteroatoms. The molecular formula is C32H21NO. The lowest BCUT2D eigenvalue weighted by Crippen LogP contribution is -1.92. The van der Waals surface area contributed by atoms with Crippen LogP contribution in [0.5, 0.6) is 0 Å². The first-order valence-corrected chi connectivity index (χ1v) is 11.5. The van der Waals surface area contributed by atoms with E-state index in [9.17, 15) is 0 Å². The summed E-state index contributed by atoms with van der Waals surface area (Å²) in [6.45, 7) is 0. The maximum Gasteiger partial charge on any atom is 0.143 e. The van der Waals surface area contributed by atoms with Crippen molar-refractivity contribution in [2.45, 2.75) is 0 Å². The highest BCUT2D eigenvalue weighted by atomic mass is 16.3. The van der Waals surface area contributed by atoms with Crippen molar-refractivity contribution < 1.29 is 4.42 Å². The van der Waals surface area contributed by atoms with Gasteiger partial charge in [0.05, 0.1) is 0 Å². The summed E-state index contributed by atoms with van der Waals surface area (Å²) in [4.78, 5) is 0. The van der Waals surface area contributed by atoms with E-state index >= 15 is 0 Å². The van der Waals surface area contributed by atoms with Gasteiger partial charge < -0.3 is 9.73 Å². The number of hydrogen-bond acceptors (Lipinski definition) is 2. The number of anilines is 2. The van der Waals surface area contributed by atoms with E-state index in [-0.39, 0.29) is 0 Å². The van der Waals surface area contributed by atoms with Crippen LogP contribution in [0.15, 0.2) is 126 Å². The maximum atomic E-state index is 6.24. The Bertz CT molecular complexity index is 1830. The Morgan fingerprint density at radius 3 is 2.03 bits per heavy atom. The Labute approximate surface area is 197 Å². The van der Waals surface area contributed by atoms with E-state index in [0.717, 1.165) is 44.4 Å². The van der Waals surface area contributed by atoms with Gasteiger partial charge in [0, 0.05) is 33.1 Å². The van der Waals surface area contributed by atoms with E-state index in [1.54, 1.807) is 0 Å². The summed E-state index contributed by atoms with van der Waals surface area (Å²) in [5.74, 6) is 0. The Kier molecular flexibility index (Phi) is 4.18. The van der Waals surface area contributed by atoms with Crippen LogP contribution < -0.4 is 5.32 Å². The highest BCUT2D eigenvalue weighted by Crippen LogP contribution is 2.37. The fourth-order valence-electron chi connectivity index (χ4n) is 5.02. The molecule has 1 heterocycles. The summed E-state index contributed by atoms with van der Waals surface area (Å²) in [7, 11) is 0. The molecule has 6 aromatic carbocycles. The molecule has 0 aliphatic heterocycles. The normalized spacial score (nSPS) is 11.5. The molecule has 0 aliphatic carbocycles. The first-order valence-electron chi connectivity index (χ1n) is 11.5. The lowest BCUT2D eigenvalue weighted by Gasteiger charge is -2.13. The van der Waals surface area contributed by atoms with E-state index in [4.69, 9.17) is 4.42 Å². The molecule has 0 aliphatic rings. The minimum Gasteiger partial charge on any atom is -0.455 e. The second-order valence-electron chi connectivity index (χ2n) is 8.67. The first kappa shape index (κ1) is 19.0. The molecule has 0 bridgehead atoms. The zero-order valence-corrected chi connectivity index (χ0v) is 18.5. The van der Waals surface area contributed by atoms with Crippen LogP contribution in [0.2, 0.25) is 0 Å². The van der Waals surface area contributed by atoms with Crippen molar-refractivity contribution in [3.05, 3.63) is 121 Å². The Morgan fingerprint density at radius 2 is 1.18 bits per heavy atom. The predicted molar refractivity (Wildman–Crippen MR) is 144 cm³/mol. The van der Waals surface area contributed by atoms with Crippen LogP contribution in [0.1, 0.15) is 0 Å². The van der Waals surface area contributed by atoms with Crippen molar-refractivity contribution >= 4 is 54.9 Å². The summed E-state index contributed by atoms with van der Waals surface area (Å²) in [5.41, 5.74) is 6.27. The number of para-hydroxylation sites is 2. The minimum absolute atomic E-state index is 0.923. The van der Waals surface area contributed by atoms with Gasteiger partial charge in [0.15, 0.2) is 0 Å². The Morgan fingerprint density at radius 1 is 0.500 bits per heavy atom. The van der Waals surface area contributed by atoms with Crippen LogP contribution >= 0.6 is 0 Å². The van der Waals surface area contributed by atoms with Gasteiger partial charge >= 0.3 is 0 Å². The lowest BCUT2D eigenvalue weighted by atomic mass is 10.00. The third kappa shape index (κ3) is 2.96. The van der Waals surface area contributed by atoms with Gasteiger partial charge in [-0.2, -0.15) is 0 Å². The second-order valence-corrected chi connectivity index (χ2v) is 8.67. The topological polar surface area (TPSA) is 25.2 Å². The Hall–Kier alpha value is -4.56. The number of hydrogen-bond donors (Lipinski definition) is 1. The van der Waals surface area contributed by atoms with Gasteiger partial charge in [-0.15, -0.1) is 0 Å². The maximum absolute atomic E-state index is 6.24. The van der Waals surface area contributed by atoms with E-state index in [1.165, 1.54) is 21.5 Å². The van der Waals surface area contributed by atoms with Gasteiger partial charge in [-0.05, 0) is 46.0 Å². The summed E-state index contributed by atoms with van der Waals surface area (Å²) < 4.78 is 6.24. The van der Waals surface area contributed by atoms with Gasteiger partial charge in [0.2, 0.25) is 0 Å². The molecule has 0 fully saturated rings. The quantitative estimate of drug-likeness (QED) is 0.280. The summed E-state index contributed by atoms with van der Waals surface area (Å²) in [6, 6.07) is 42.5. The fraction of sp³-hybridized carbons (Fsp3) is 0. The van der Waals surface area contributed by atoms with E-state index in [2.05, 4.69) is 115 Å². The van der Waals surface area contributed by atoms with E-state index < -0.39 is 0 Å². The van der Waals surface area contributed by atoms with E-state index in [0.29, 0.717) is 0 Å². The lowest BCUT2D eigenvalue weighted by molar-refractivity contribution is 0.670. The number of benzene rings is 6. The average molecular weight is 436 g/mol. The molecule has 7 rings (SSSR count). The highest BCUT2D eigenvalue weighted by molar-refractivity contribution is 6.13. The minimum atomic E-state index is 0.923. The number of furan rings is 1. The molecule has 0 atom stereocenters. The summed E-state index contributed by atoms with van der Waals surface area (Å²) >= 11 is 0. The average Bonchev–Trinajstić information content (AvgIpc) is 3.28. The van der Waals surface area contributed by atoms with Gasteiger partial charge in [0.25, 0.3) is 0 Å². The van der Waals surface area contributed by atoms with E-state index in [1.807, 2.05) is 12.1 Å². The standard InChI is InChI=1S/C32H21NO/c1-2-9-24-22(8-1)20-30(27-11-4-3-10-26(24)27)33-23-18-16-21(17-19-23)25-13-7-14-29-28-12-5-6-15-31(28)34-32(25)29/h1-20,33H. The van der Waals surface area contributed by atoms with Crippen LogP contribution in [-0.4, -0.2) is 0 Å². The molecule has 0 saturated heterocycles. The third-order valence-corrected chi connectivity index (χ3v) is 6.65. The molecule has 0 unspecified atom stereocenters. The molecule has 1 N–H and O–H groups in total. The zero-order chi connectivity index (χ0) is 22.5. The van der Waals surface area contributed by atoms with Crippen molar-refractivity contribution in [1.82, 2.24) is 0 Å². The van der Waals surface area contributed by atoms with Crippen molar-refractivity contribution in [3.8, 4) is 11.1 Å². The number of fused-ring (bicyclic) bond motifs is 6. The first-order chi connectivity index (χ1) is 16.8. The number of nitrogens with one attached hydrogen (secondary N) is 1. The van der Waals surface area contributed by atoms with Gasteiger partial charge in [-0.3, -0.25) is 0 Å². The summed E-state index contributed by atoms with van der Waals surface area (Å²) in [5, 5.41) is 10.9. The molecule has 34 heavy (non-hydrogen) atoms. The second kappa shape index (κ2) is 7.50. The zero-order valence-electron chi connectivity index (χ0n) is 18.5. The Balaban J connectivity index is 1.30. The van der Waals surface area contributed by atoms with Crippen molar-refractivity contribution in [3.63, 3.8) is 0 Å². The highest BCUT2D eigenvalue weighted by Gasteiger charge is 2.12. The molecule has 1 aromatic heterocycles. The monoisotopic (exact) mass is 435 g/mol. The summed E-state index contributed by atoms with van der Waals surface area (Å²) in [6.07, 6.45) is 0. The molecule has 7 aromatic rings. The van der Waals surface area contributed by atoms with Crippen LogP contribution in [0.3, 0.4) is 0 Å². The van der Waals surface area contributed by atoms with Crippen molar-refractivity contribution in [1.29, 1.82) is 0 Å². The molecular weight excluding hydrogens is 414 g/mol. The third-order valence-electron chi connectivity index (χ3n) is 6.65. The van der Waals surface area contributed by atoms with Crippen LogP contribution in [0.4, 0.5) is 11.4 Å².